The fraction of sp³-hybridized carbons (Fsp3) is 0.200. The monoisotopic (exact) mass is 631 g/mol. The number of anilines is 1. The van der Waals surface area contributed by atoms with Crippen LogP contribution in [0.2, 0.25) is 0 Å². The Balaban J connectivity index is 1.18. The van der Waals surface area contributed by atoms with E-state index in [0.717, 1.165) is 22.3 Å². The maximum Gasteiger partial charge on any atom is 0.271 e. The van der Waals surface area contributed by atoms with E-state index < -0.39 is 30.4 Å². The Hall–Kier alpha value is -5.56. The number of para-hydroxylation sites is 2. The van der Waals surface area contributed by atoms with Gasteiger partial charge in [-0.1, -0.05) is 47.7 Å². The Kier molecular flexibility index (Phi) is 8.12. The highest BCUT2D eigenvalue weighted by atomic mass is 16.6. The lowest BCUT2D eigenvalue weighted by molar-refractivity contribution is -0.0478. The summed E-state index contributed by atoms with van der Waals surface area (Å²) in [5, 5.41) is 34.1. The van der Waals surface area contributed by atoms with Crippen LogP contribution in [0, 0.1) is 0 Å². The lowest BCUT2D eigenvalue weighted by Gasteiger charge is -2.18. The minimum absolute atomic E-state index is 0.0894. The average Bonchev–Trinajstić information content (AvgIpc) is 3.79. The van der Waals surface area contributed by atoms with Crippen molar-refractivity contribution < 1.29 is 24.5 Å². The van der Waals surface area contributed by atoms with Gasteiger partial charge in [0.2, 0.25) is 0 Å². The van der Waals surface area contributed by atoms with Crippen molar-refractivity contribution in [1.82, 2.24) is 24.5 Å². The summed E-state index contributed by atoms with van der Waals surface area (Å²) in [6.45, 7) is 0.875. The number of hydrogen-bond acceptors (Lipinski definition) is 9. The van der Waals surface area contributed by atoms with Crippen molar-refractivity contribution in [3.05, 3.63) is 114 Å². The number of fused-ring (bicyclic) bond motifs is 1. The van der Waals surface area contributed by atoms with Gasteiger partial charge in [0.15, 0.2) is 11.9 Å². The van der Waals surface area contributed by atoms with Crippen molar-refractivity contribution >= 4 is 22.6 Å². The molecule has 238 valence electrons. The van der Waals surface area contributed by atoms with E-state index in [2.05, 4.69) is 27.8 Å². The van der Waals surface area contributed by atoms with E-state index in [-0.39, 0.29) is 17.9 Å². The van der Waals surface area contributed by atoms with Crippen LogP contribution >= 0.6 is 0 Å². The van der Waals surface area contributed by atoms with Gasteiger partial charge in [0, 0.05) is 23.4 Å². The lowest BCUT2D eigenvalue weighted by Crippen LogP contribution is -2.34. The van der Waals surface area contributed by atoms with Crippen molar-refractivity contribution in [1.29, 1.82) is 0 Å². The molecule has 0 spiro atoms. The molecule has 4 aromatic carbocycles. The number of aromatic nitrogens is 5. The van der Waals surface area contributed by atoms with Gasteiger partial charge in [-0.05, 0) is 66.2 Å². The van der Waals surface area contributed by atoms with Gasteiger partial charge in [0.25, 0.3) is 5.91 Å². The third-order valence-corrected chi connectivity index (χ3v) is 8.37. The highest BCUT2D eigenvalue weighted by molar-refractivity contribution is 5.96. The first-order valence-corrected chi connectivity index (χ1v) is 15.2. The molecule has 0 aliphatic carbocycles. The first-order valence-electron chi connectivity index (χ1n) is 15.2. The molecule has 12 nitrogen and oxygen atoms in total. The highest BCUT2D eigenvalue weighted by Crippen LogP contribution is 2.36. The molecule has 5 N–H and O–H groups in total. The van der Waals surface area contributed by atoms with Crippen LogP contribution in [0.3, 0.4) is 0 Å². The van der Waals surface area contributed by atoms with Crippen molar-refractivity contribution in [2.75, 3.05) is 12.4 Å². The van der Waals surface area contributed by atoms with Crippen LogP contribution in [0.15, 0.2) is 103 Å². The number of rotatable bonds is 10. The third kappa shape index (κ3) is 5.81. The zero-order valence-electron chi connectivity index (χ0n) is 25.5. The summed E-state index contributed by atoms with van der Waals surface area (Å²) < 4.78 is 14.8. The Morgan fingerprint density at radius 2 is 1.62 bits per heavy atom. The van der Waals surface area contributed by atoms with Gasteiger partial charge in [-0.25, -0.2) is 9.67 Å². The van der Waals surface area contributed by atoms with E-state index in [9.17, 15) is 15.0 Å². The molecular formula is C35H33N7O5. The number of hydrogen-bond donors (Lipinski definition) is 4. The van der Waals surface area contributed by atoms with Gasteiger partial charge in [0.05, 0.1) is 24.7 Å². The largest absolute Gasteiger partial charge is 0.497 e. The Morgan fingerprint density at radius 3 is 2.34 bits per heavy atom. The van der Waals surface area contributed by atoms with Crippen LogP contribution < -0.4 is 15.8 Å². The zero-order chi connectivity index (χ0) is 32.5. The molecule has 3 heterocycles. The standard InChI is InChI=1S/C35H33N7O5/c1-46-25-17-13-22(14-18-25)30-29(33(36)45)39-40-42(30)35-32(44)31(43)28(47-35)20-41-27-10-6-5-9-26(27)38-34(41)23-11-15-24(16-12-23)37-19-21-7-3-2-4-8-21/h2-18,28,31-32,35,37,43-44H,19-20H2,1H3,(H2,36,45)/t28-,31-,32-,35-/m1/s1. The number of aliphatic hydroxyl groups excluding tert-OH is 2. The van der Waals surface area contributed by atoms with Crippen molar-refractivity contribution in [3.8, 4) is 28.4 Å². The number of methoxy groups -OCH3 is 1. The first-order chi connectivity index (χ1) is 22.9. The number of aliphatic hydroxyl groups is 2. The normalized spacial score (nSPS) is 19.2. The first kappa shape index (κ1) is 30.1. The molecule has 1 aliphatic heterocycles. The molecule has 1 amide bonds. The summed E-state index contributed by atoms with van der Waals surface area (Å²) in [5.41, 5.74) is 11.0. The quantitative estimate of drug-likeness (QED) is 0.175. The van der Waals surface area contributed by atoms with E-state index in [1.54, 1.807) is 31.4 Å². The fourth-order valence-corrected chi connectivity index (χ4v) is 5.94. The molecule has 47 heavy (non-hydrogen) atoms. The molecular weight excluding hydrogens is 598 g/mol. The molecule has 1 aliphatic rings. The number of carbonyl (C=O) groups excluding carboxylic acids is 1. The number of nitrogens with two attached hydrogens (primary N) is 1. The Morgan fingerprint density at radius 1 is 0.915 bits per heavy atom. The minimum Gasteiger partial charge on any atom is -0.497 e. The molecule has 0 unspecified atom stereocenters. The summed E-state index contributed by atoms with van der Waals surface area (Å²) in [5.74, 6) is 0.509. The fourth-order valence-electron chi connectivity index (χ4n) is 5.94. The third-order valence-electron chi connectivity index (χ3n) is 8.37. The second-order valence-electron chi connectivity index (χ2n) is 11.3. The second kappa shape index (κ2) is 12.7. The number of carbonyl (C=O) groups is 1. The number of nitrogens with one attached hydrogen (secondary N) is 1. The number of imidazole rings is 1. The highest BCUT2D eigenvalue weighted by Gasteiger charge is 2.46. The molecule has 0 radical (unpaired) electrons. The van der Waals surface area contributed by atoms with E-state index in [0.29, 0.717) is 23.7 Å². The molecule has 0 saturated carbocycles. The van der Waals surface area contributed by atoms with Gasteiger partial charge in [-0.15, -0.1) is 5.10 Å². The predicted octanol–water partition coefficient (Wildman–Crippen LogP) is 4.00. The van der Waals surface area contributed by atoms with Crippen molar-refractivity contribution in [2.45, 2.75) is 37.6 Å². The Bertz CT molecular complexity index is 2010. The van der Waals surface area contributed by atoms with Crippen LogP contribution in [-0.4, -0.2) is 66.1 Å². The molecule has 12 heteroatoms. The maximum atomic E-state index is 12.3. The summed E-state index contributed by atoms with van der Waals surface area (Å²) in [4.78, 5) is 17.2. The molecule has 0 bridgehead atoms. The SMILES string of the molecule is COc1ccc(-c2c(C(N)=O)nnn2[C@@H]2O[C@H](Cn3c(-c4ccc(NCc5ccccc5)cc4)nc4ccccc43)[C@@H](O)[C@H]2O)cc1. The van der Waals surface area contributed by atoms with Gasteiger partial charge < -0.3 is 35.3 Å². The smallest absolute Gasteiger partial charge is 0.271 e. The van der Waals surface area contributed by atoms with Gasteiger partial charge in [-0.3, -0.25) is 4.79 Å². The van der Waals surface area contributed by atoms with E-state index in [1.807, 2.05) is 71.3 Å². The number of primary amides is 1. The second-order valence-corrected chi connectivity index (χ2v) is 11.3. The number of amides is 1. The minimum atomic E-state index is -1.38. The zero-order valence-corrected chi connectivity index (χ0v) is 25.5. The van der Waals surface area contributed by atoms with Crippen molar-refractivity contribution in [2.24, 2.45) is 5.73 Å². The summed E-state index contributed by atoms with van der Waals surface area (Å²) in [6, 6.07) is 32.8. The van der Waals surface area contributed by atoms with Crippen LogP contribution in [0.5, 0.6) is 5.75 Å². The summed E-state index contributed by atoms with van der Waals surface area (Å²) in [7, 11) is 1.55. The van der Waals surface area contributed by atoms with Crippen LogP contribution in [0.1, 0.15) is 22.3 Å². The van der Waals surface area contributed by atoms with E-state index in [4.69, 9.17) is 20.2 Å². The average molecular weight is 632 g/mol. The van der Waals surface area contributed by atoms with Crippen molar-refractivity contribution in [3.63, 3.8) is 0 Å². The molecule has 1 fully saturated rings. The van der Waals surface area contributed by atoms with Gasteiger partial charge in [0.1, 0.15) is 35.6 Å². The predicted molar refractivity (Wildman–Crippen MR) is 175 cm³/mol. The molecule has 2 aromatic heterocycles. The molecule has 1 saturated heterocycles. The lowest BCUT2D eigenvalue weighted by atomic mass is 10.1. The van der Waals surface area contributed by atoms with Crippen LogP contribution in [-0.2, 0) is 17.8 Å². The van der Waals surface area contributed by atoms with Crippen LogP contribution in [0.25, 0.3) is 33.7 Å². The summed E-state index contributed by atoms with van der Waals surface area (Å²) in [6.07, 6.45) is -4.68. The number of nitrogens with zero attached hydrogens (tertiary/aromatic N) is 5. The van der Waals surface area contributed by atoms with E-state index >= 15 is 0 Å². The molecule has 4 atom stereocenters. The maximum absolute atomic E-state index is 12.3. The van der Waals surface area contributed by atoms with Gasteiger partial charge in [-0.2, -0.15) is 0 Å². The van der Waals surface area contributed by atoms with Crippen LogP contribution in [0.4, 0.5) is 5.69 Å². The van der Waals surface area contributed by atoms with Gasteiger partial charge >= 0.3 is 0 Å². The number of ether oxygens (including phenoxy) is 2. The number of benzene rings is 4. The Labute approximate surface area is 270 Å². The molecule has 7 rings (SSSR count). The van der Waals surface area contributed by atoms with E-state index in [1.165, 1.54) is 10.2 Å². The summed E-state index contributed by atoms with van der Waals surface area (Å²) >= 11 is 0. The topological polar surface area (TPSA) is 163 Å². The molecule has 6 aromatic rings.